The van der Waals surface area contributed by atoms with Crippen LogP contribution in [0.25, 0.3) is 22.3 Å². The maximum Gasteiger partial charge on any atom is 0.417 e. The minimum absolute atomic E-state index is 0.00294. The molecule has 3 aromatic heterocycles. The minimum Gasteiger partial charge on any atom is -0.477 e. The lowest BCUT2D eigenvalue weighted by atomic mass is 10.0. The monoisotopic (exact) mass is 488 g/mol. The standard InChI is InChI=1S/C24H20ClF3N4O2/c1-4-14-5-6-18(31-22(14)23(33)34)15-7-12(2)21-20(8-15)32(13(3)30-21)11-19-17(25)9-16(10-29-19)24(26,27)28/h5-10H,4,11H2,1-3H3,(H,33,34). The Balaban J connectivity index is 1.81. The van der Waals surface area contributed by atoms with Crippen LogP contribution in [0.15, 0.2) is 36.5 Å². The number of fused-ring (bicyclic) bond motifs is 1. The zero-order chi connectivity index (χ0) is 24.8. The quantitative estimate of drug-likeness (QED) is 0.367. The lowest BCUT2D eigenvalue weighted by Gasteiger charge is -2.12. The van der Waals surface area contributed by atoms with Gasteiger partial charge in [0.25, 0.3) is 0 Å². The molecule has 0 saturated carbocycles. The number of carboxylic acids is 1. The van der Waals surface area contributed by atoms with Crippen molar-refractivity contribution in [2.24, 2.45) is 0 Å². The van der Waals surface area contributed by atoms with Gasteiger partial charge in [0.15, 0.2) is 5.69 Å². The summed E-state index contributed by atoms with van der Waals surface area (Å²) in [6.45, 7) is 5.64. The summed E-state index contributed by atoms with van der Waals surface area (Å²) in [5.41, 5.74) is 3.47. The highest BCUT2D eigenvalue weighted by molar-refractivity contribution is 6.31. The zero-order valence-corrected chi connectivity index (χ0v) is 19.3. The summed E-state index contributed by atoms with van der Waals surface area (Å²) in [7, 11) is 0. The Labute approximate surface area is 198 Å². The first kappa shape index (κ1) is 23.7. The number of halogens is 4. The van der Waals surface area contributed by atoms with Crippen LogP contribution in [0.1, 0.15) is 45.6 Å². The molecule has 1 aromatic carbocycles. The van der Waals surface area contributed by atoms with Gasteiger partial charge in [0.2, 0.25) is 0 Å². The Morgan fingerprint density at radius 2 is 1.88 bits per heavy atom. The molecular formula is C24H20ClF3N4O2. The number of hydrogen-bond donors (Lipinski definition) is 1. The van der Waals surface area contributed by atoms with E-state index in [1.807, 2.05) is 30.5 Å². The number of benzene rings is 1. The molecule has 0 saturated heterocycles. The van der Waals surface area contributed by atoms with Crippen LogP contribution in [0.3, 0.4) is 0 Å². The van der Waals surface area contributed by atoms with Gasteiger partial charge in [-0.1, -0.05) is 24.6 Å². The van der Waals surface area contributed by atoms with Crippen LogP contribution in [-0.2, 0) is 19.1 Å². The van der Waals surface area contributed by atoms with Gasteiger partial charge in [0.05, 0.1) is 39.6 Å². The molecule has 0 aliphatic heterocycles. The van der Waals surface area contributed by atoms with Crippen molar-refractivity contribution in [2.45, 2.75) is 39.9 Å². The first-order chi connectivity index (χ1) is 16.0. The number of carboxylic acid groups (broad SMARTS) is 1. The summed E-state index contributed by atoms with van der Waals surface area (Å²) in [6, 6.07) is 8.09. The van der Waals surface area contributed by atoms with E-state index in [0.717, 1.165) is 17.8 Å². The molecule has 0 amide bonds. The molecule has 0 bridgehead atoms. The van der Waals surface area contributed by atoms with Crippen LogP contribution in [0, 0.1) is 13.8 Å². The third kappa shape index (κ3) is 4.35. The molecule has 10 heteroatoms. The molecule has 0 unspecified atom stereocenters. The van der Waals surface area contributed by atoms with E-state index < -0.39 is 17.7 Å². The Morgan fingerprint density at radius 3 is 2.50 bits per heavy atom. The molecule has 0 aliphatic rings. The second kappa shape index (κ2) is 8.72. The van der Waals surface area contributed by atoms with E-state index in [0.29, 0.717) is 40.1 Å². The third-order valence-corrected chi connectivity index (χ3v) is 5.97. The third-order valence-electron chi connectivity index (χ3n) is 5.65. The average molecular weight is 489 g/mol. The van der Waals surface area contributed by atoms with E-state index in [1.54, 1.807) is 19.1 Å². The van der Waals surface area contributed by atoms with E-state index in [4.69, 9.17) is 11.6 Å². The largest absolute Gasteiger partial charge is 0.477 e. The van der Waals surface area contributed by atoms with Gasteiger partial charge in [0, 0.05) is 11.8 Å². The van der Waals surface area contributed by atoms with Gasteiger partial charge in [-0.05, 0) is 55.7 Å². The summed E-state index contributed by atoms with van der Waals surface area (Å²) in [6.07, 6.45) is -3.23. The van der Waals surface area contributed by atoms with Crippen LogP contribution in [-0.4, -0.2) is 30.6 Å². The smallest absolute Gasteiger partial charge is 0.417 e. The number of imidazole rings is 1. The van der Waals surface area contributed by atoms with Gasteiger partial charge in [-0.25, -0.2) is 14.8 Å². The number of alkyl halides is 3. The van der Waals surface area contributed by atoms with Crippen molar-refractivity contribution < 1.29 is 23.1 Å². The van der Waals surface area contributed by atoms with Crippen molar-refractivity contribution >= 4 is 28.6 Å². The molecular weight excluding hydrogens is 469 g/mol. The molecule has 4 rings (SSSR count). The van der Waals surface area contributed by atoms with Crippen LogP contribution >= 0.6 is 11.6 Å². The number of pyridine rings is 2. The van der Waals surface area contributed by atoms with Crippen LogP contribution in [0.5, 0.6) is 0 Å². The highest BCUT2D eigenvalue weighted by Gasteiger charge is 2.31. The molecule has 0 aliphatic carbocycles. The Bertz CT molecular complexity index is 1430. The van der Waals surface area contributed by atoms with Crippen LogP contribution in [0.4, 0.5) is 13.2 Å². The maximum atomic E-state index is 13.0. The SMILES string of the molecule is CCc1ccc(-c2cc(C)c3nc(C)n(Cc4ncc(C(F)(F)F)cc4Cl)c3c2)nc1C(=O)O. The molecule has 0 atom stereocenters. The first-order valence-electron chi connectivity index (χ1n) is 10.4. The number of aromatic nitrogens is 4. The van der Waals surface area contributed by atoms with E-state index in [1.165, 1.54) is 0 Å². The van der Waals surface area contributed by atoms with Gasteiger partial charge in [-0.15, -0.1) is 0 Å². The summed E-state index contributed by atoms with van der Waals surface area (Å²) < 4.78 is 40.7. The molecule has 6 nitrogen and oxygen atoms in total. The lowest BCUT2D eigenvalue weighted by Crippen LogP contribution is -2.09. The second-order valence-electron chi connectivity index (χ2n) is 7.92. The fraction of sp³-hybridized carbons (Fsp3) is 0.250. The molecule has 3 heterocycles. The van der Waals surface area contributed by atoms with Crippen molar-refractivity contribution in [3.63, 3.8) is 0 Å². The normalized spacial score (nSPS) is 11.9. The van der Waals surface area contributed by atoms with E-state index in [9.17, 15) is 23.1 Å². The molecule has 0 spiro atoms. The summed E-state index contributed by atoms with van der Waals surface area (Å²) >= 11 is 6.13. The van der Waals surface area contributed by atoms with Gasteiger partial charge in [0.1, 0.15) is 5.82 Å². The summed E-state index contributed by atoms with van der Waals surface area (Å²) in [5.74, 6) is -0.464. The zero-order valence-electron chi connectivity index (χ0n) is 18.5. The number of aromatic carboxylic acids is 1. The predicted octanol–water partition coefficient (Wildman–Crippen LogP) is 6.09. The van der Waals surface area contributed by atoms with E-state index in [2.05, 4.69) is 15.0 Å². The van der Waals surface area contributed by atoms with Gasteiger partial charge >= 0.3 is 12.1 Å². The molecule has 1 N–H and O–H groups in total. The number of rotatable bonds is 5. The first-order valence-corrected chi connectivity index (χ1v) is 10.8. The lowest BCUT2D eigenvalue weighted by molar-refractivity contribution is -0.137. The molecule has 176 valence electrons. The Kier molecular flexibility index (Phi) is 6.07. The minimum atomic E-state index is -4.53. The van der Waals surface area contributed by atoms with E-state index in [-0.39, 0.29) is 23.0 Å². The van der Waals surface area contributed by atoms with Crippen LogP contribution in [0.2, 0.25) is 5.02 Å². The summed E-state index contributed by atoms with van der Waals surface area (Å²) in [4.78, 5) is 24.6. The fourth-order valence-electron chi connectivity index (χ4n) is 3.86. The predicted molar refractivity (Wildman–Crippen MR) is 122 cm³/mol. The van der Waals surface area contributed by atoms with Gasteiger partial charge in [-0.3, -0.25) is 4.98 Å². The van der Waals surface area contributed by atoms with Crippen molar-refractivity contribution in [1.29, 1.82) is 0 Å². The number of nitrogens with zero attached hydrogens (tertiary/aromatic N) is 4. The van der Waals surface area contributed by atoms with Crippen molar-refractivity contribution in [3.05, 3.63) is 75.5 Å². The fourth-order valence-corrected chi connectivity index (χ4v) is 4.09. The summed E-state index contributed by atoms with van der Waals surface area (Å²) in [5, 5.41) is 9.44. The van der Waals surface area contributed by atoms with Crippen molar-refractivity contribution in [1.82, 2.24) is 19.5 Å². The van der Waals surface area contributed by atoms with Gasteiger partial charge < -0.3 is 9.67 Å². The highest BCUT2D eigenvalue weighted by Crippen LogP contribution is 2.32. The Hall–Kier alpha value is -3.46. The second-order valence-corrected chi connectivity index (χ2v) is 8.33. The number of carbonyl (C=O) groups is 1. The highest BCUT2D eigenvalue weighted by atomic mass is 35.5. The molecule has 0 fully saturated rings. The molecule has 34 heavy (non-hydrogen) atoms. The van der Waals surface area contributed by atoms with Crippen molar-refractivity contribution in [3.8, 4) is 11.3 Å². The molecule has 0 radical (unpaired) electrons. The van der Waals surface area contributed by atoms with Gasteiger partial charge in [-0.2, -0.15) is 13.2 Å². The molecule has 4 aromatic rings. The number of hydrogen-bond acceptors (Lipinski definition) is 4. The van der Waals surface area contributed by atoms with Crippen LogP contribution < -0.4 is 0 Å². The number of aryl methyl sites for hydroxylation is 3. The average Bonchev–Trinajstić information content (AvgIpc) is 3.09. The maximum absolute atomic E-state index is 13.0. The van der Waals surface area contributed by atoms with Crippen molar-refractivity contribution in [2.75, 3.05) is 0 Å². The topological polar surface area (TPSA) is 80.9 Å². The Morgan fingerprint density at radius 1 is 1.15 bits per heavy atom. The van der Waals surface area contributed by atoms with E-state index >= 15 is 0 Å².